The zero-order chi connectivity index (χ0) is 13.5. The lowest BCUT2D eigenvalue weighted by Crippen LogP contribution is -2.59. The third-order valence-electron chi connectivity index (χ3n) is 3.85. The monoisotopic (exact) mass is 257 g/mol. The zero-order valence-corrected chi connectivity index (χ0v) is 11.4. The van der Waals surface area contributed by atoms with Crippen molar-refractivity contribution in [2.45, 2.75) is 19.4 Å². The number of carbonyl (C=O) groups is 1. The first-order valence-electron chi connectivity index (χ1n) is 6.68. The average Bonchev–Trinajstić information content (AvgIpc) is 2.84. The van der Waals surface area contributed by atoms with Crippen LogP contribution in [0.5, 0.6) is 0 Å². The number of aromatic amines is 1. The molecule has 2 N–H and O–H groups in total. The van der Waals surface area contributed by atoms with Crippen molar-refractivity contribution < 1.29 is 4.79 Å². The quantitative estimate of drug-likeness (QED) is 0.821. The molecule has 1 fully saturated rings. The first-order valence-corrected chi connectivity index (χ1v) is 6.68. The molecule has 2 aromatic rings. The SMILES string of the molecule is CC1(C)CNCCN1C(=O)c1ccc2cc[nH]c2c1. The molecule has 0 aliphatic carbocycles. The van der Waals surface area contributed by atoms with Gasteiger partial charge in [-0.1, -0.05) is 6.07 Å². The fraction of sp³-hybridized carbons (Fsp3) is 0.400. The number of benzene rings is 1. The molecule has 0 saturated carbocycles. The summed E-state index contributed by atoms with van der Waals surface area (Å²) in [6.45, 7) is 6.66. The molecule has 1 aromatic carbocycles. The van der Waals surface area contributed by atoms with Crippen LogP contribution in [-0.2, 0) is 0 Å². The van der Waals surface area contributed by atoms with E-state index in [1.165, 1.54) is 0 Å². The van der Waals surface area contributed by atoms with Crippen LogP contribution >= 0.6 is 0 Å². The standard InChI is InChI=1S/C15H19N3O/c1-15(2)10-16-7-8-18(15)14(19)12-4-3-11-5-6-17-13(11)9-12/h3-6,9,16-17H,7-8,10H2,1-2H3. The van der Waals surface area contributed by atoms with Crippen molar-refractivity contribution in [2.24, 2.45) is 0 Å². The molecule has 0 spiro atoms. The molecule has 1 saturated heterocycles. The molecule has 0 unspecified atom stereocenters. The molecule has 1 amide bonds. The zero-order valence-electron chi connectivity index (χ0n) is 11.4. The maximum absolute atomic E-state index is 12.7. The van der Waals surface area contributed by atoms with Crippen LogP contribution in [0.25, 0.3) is 10.9 Å². The Kier molecular flexibility index (Phi) is 2.82. The van der Waals surface area contributed by atoms with Gasteiger partial charge in [-0.3, -0.25) is 4.79 Å². The maximum atomic E-state index is 12.7. The minimum Gasteiger partial charge on any atom is -0.361 e. The van der Waals surface area contributed by atoms with Crippen molar-refractivity contribution in [1.29, 1.82) is 0 Å². The van der Waals surface area contributed by atoms with Gasteiger partial charge < -0.3 is 15.2 Å². The first kappa shape index (κ1) is 12.2. The van der Waals surface area contributed by atoms with E-state index in [0.29, 0.717) is 0 Å². The second kappa shape index (κ2) is 4.38. The smallest absolute Gasteiger partial charge is 0.254 e. The van der Waals surface area contributed by atoms with Crippen LogP contribution in [0.2, 0.25) is 0 Å². The van der Waals surface area contributed by atoms with Gasteiger partial charge in [0.1, 0.15) is 0 Å². The summed E-state index contributed by atoms with van der Waals surface area (Å²) < 4.78 is 0. The van der Waals surface area contributed by atoms with Crippen LogP contribution in [0.1, 0.15) is 24.2 Å². The number of fused-ring (bicyclic) bond motifs is 1. The molecule has 3 rings (SSSR count). The summed E-state index contributed by atoms with van der Waals surface area (Å²) in [5, 5.41) is 4.47. The highest BCUT2D eigenvalue weighted by Gasteiger charge is 2.33. The lowest BCUT2D eigenvalue weighted by atomic mass is 9.98. The van der Waals surface area contributed by atoms with Gasteiger partial charge in [0.05, 0.1) is 5.54 Å². The Hall–Kier alpha value is -1.81. The Morgan fingerprint density at radius 3 is 2.95 bits per heavy atom. The van der Waals surface area contributed by atoms with Gasteiger partial charge in [0.15, 0.2) is 0 Å². The summed E-state index contributed by atoms with van der Waals surface area (Å²) in [7, 11) is 0. The number of rotatable bonds is 1. The summed E-state index contributed by atoms with van der Waals surface area (Å²) in [6, 6.07) is 7.86. The molecule has 1 aliphatic rings. The van der Waals surface area contributed by atoms with Crippen molar-refractivity contribution in [3.05, 3.63) is 36.0 Å². The molecule has 19 heavy (non-hydrogen) atoms. The lowest BCUT2D eigenvalue weighted by Gasteiger charge is -2.42. The fourth-order valence-electron chi connectivity index (χ4n) is 2.70. The first-order chi connectivity index (χ1) is 9.08. The molecule has 0 radical (unpaired) electrons. The van der Waals surface area contributed by atoms with E-state index in [-0.39, 0.29) is 11.4 Å². The molecule has 0 bridgehead atoms. The highest BCUT2D eigenvalue weighted by Crippen LogP contribution is 2.21. The fourth-order valence-corrected chi connectivity index (χ4v) is 2.70. The highest BCUT2D eigenvalue weighted by molar-refractivity contribution is 5.98. The van der Waals surface area contributed by atoms with Crippen LogP contribution in [0.3, 0.4) is 0 Å². The van der Waals surface area contributed by atoms with Gasteiger partial charge in [0.25, 0.3) is 5.91 Å². The molecule has 100 valence electrons. The van der Waals surface area contributed by atoms with Crippen molar-refractivity contribution in [1.82, 2.24) is 15.2 Å². The van der Waals surface area contributed by atoms with Gasteiger partial charge in [-0.2, -0.15) is 0 Å². The van der Waals surface area contributed by atoms with E-state index in [1.54, 1.807) is 0 Å². The number of hydrogen-bond acceptors (Lipinski definition) is 2. The van der Waals surface area contributed by atoms with Crippen molar-refractivity contribution in [3.63, 3.8) is 0 Å². The van der Waals surface area contributed by atoms with E-state index < -0.39 is 0 Å². The molecule has 2 heterocycles. The number of nitrogens with one attached hydrogen (secondary N) is 2. The number of carbonyl (C=O) groups excluding carboxylic acids is 1. The molecular weight excluding hydrogens is 238 g/mol. The van der Waals surface area contributed by atoms with E-state index in [2.05, 4.69) is 24.1 Å². The molecular formula is C15H19N3O. The van der Waals surface area contributed by atoms with Gasteiger partial charge in [0.2, 0.25) is 0 Å². The number of nitrogens with zero attached hydrogens (tertiary/aromatic N) is 1. The predicted molar refractivity (Wildman–Crippen MR) is 76.3 cm³/mol. The number of piperazine rings is 1. The molecule has 1 aliphatic heterocycles. The Bertz CT molecular complexity index is 615. The Morgan fingerprint density at radius 1 is 1.32 bits per heavy atom. The van der Waals surface area contributed by atoms with E-state index in [9.17, 15) is 4.79 Å². The topological polar surface area (TPSA) is 48.1 Å². The highest BCUT2D eigenvalue weighted by atomic mass is 16.2. The van der Waals surface area contributed by atoms with E-state index in [0.717, 1.165) is 36.1 Å². The van der Waals surface area contributed by atoms with Crippen LogP contribution in [0.15, 0.2) is 30.5 Å². The largest absolute Gasteiger partial charge is 0.361 e. The predicted octanol–water partition coefficient (Wildman–Crippen LogP) is 1.99. The van der Waals surface area contributed by atoms with Gasteiger partial charge in [-0.25, -0.2) is 0 Å². The number of H-pyrrole nitrogens is 1. The Morgan fingerprint density at radius 2 is 2.16 bits per heavy atom. The summed E-state index contributed by atoms with van der Waals surface area (Å²) in [6.07, 6.45) is 1.90. The summed E-state index contributed by atoms with van der Waals surface area (Å²) >= 11 is 0. The lowest BCUT2D eigenvalue weighted by molar-refractivity contribution is 0.0477. The average molecular weight is 257 g/mol. The third kappa shape index (κ3) is 2.12. The minimum atomic E-state index is -0.139. The normalized spacial score (nSPS) is 18.7. The maximum Gasteiger partial charge on any atom is 0.254 e. The van der Waals surface area contributed by atoms with Gasteiger partial charge in [-0.05, 0) is 37.4 Å². The van der Waals surface area contributed by atoms with Gasteiger partial charge in [0, 0.05) is 36.9 Å². The van der Waals surface area contributed by atoms with Crippen LogP contribution in [0, 0.1) is 0 Å². The molecule has 4 nitrogen and oxygen atoms in total. The molecule has 1 aromatic heterocycles. The Labute approximate surface area is 112 Å². The van der Waals surface area contributed by atoms with Crippen molar-refractivity contribution in [3.8, 4) is 0 Å². The van der Waals surface area contributed by atoms with E-state index in [1.807, 2.05) is 35.4 Å². The van der Waals surface area contributed by atoms with E-state index >= 15 is 0 Å². The molecule has 0 atom stereocenters. The van der Waals surface area contributed by atoms with Crippen LogP contribution in [0.4, 0.5) is 0 Å². The number of hydrogen-bond donors (Lipinski definition) is 2. The summed E-state index contributed by atoms with van der Waals surface area (Å²) in [4.78, 5) is 17.8. The van der Waals surface area contributed by atoms with Gasteiger partial charge in [-0.15, -0.1) is 0 Å². The van der Waals surface area contributed by atoms with Crippen molar-refractivity contribution >= 4 is 16.8 Å². The summed E-state index contributed by atoms with van der Waals surface area (Å²) in [5.74, 6) is 0.114. The van der Waals surface area contributed by atoms with Crippen molar-refractivity contribution in [2.75, 3.05) is 19.6 Å². The van der Waals surface area contributed by atoms with Crippen LogP contribution < -0.4 is 5.32 Å². The minimum absolute atomic E-state index is 0.114. The number of aromatic nitrogens is 1. The second-order valence-electron chi connectivity index (χ2n) is 5.73. The Balaban J connectivity index is 1.94. The van der Waals surface area contributed by atoms with E-state index in [4.69, 9.17) is 0 Å². The third-order valence-corrected chi connectivity index (χ3v) is 3.85. The summed E-state index contributed by atoms with van der Waals surface area (Å²) in [5.41, 5.74) is 1.63. The second-order valence-corrected chi connectivity index (χ2v) is 5.73. The number of amides is 1. The molecule has 4 heteroatoms. The van der Waals surface area contributed by atoms with Gasteiger partial charge >= 0.3 is 0 Å². The van der Waals surface area contributed by atoms with Crippen LogP contribution in [-0.4, -0.2) is 41.0 Å².